The molecule has 0 amide bonds. The van der Waals surface area contributed by atoms with Crippen molar-refractivity contribution in [2.24, 2.45) is 5.92 Å². The normalized spacial score (nSPS) is 18.5. The van der Waals surface area contributed by atoms with E-state index in [1.54, 1.807) is 19.2 Å². The van der Waals surface area contributed by atoms with Gasteiger partial charge in [-0.25, -0.2) is 0 Å². The second-order valence-electron chi connectivity index (χ2n) is 5.10. The zero-order valence-electron chi connectivity index (χ0n) is 12.2. The van der Waals surface area contributed by atoms with Gasteiger partial charge in [0.2, 0.25) is 0 Å². The monoisotopic (exact) mass is 293 g/mol. The number of hydrogen-bond donors (Lipinski definition) is 1. The van der Waals surface area contributed by atoms with Crippen molar-refractivity contribution < 1.29 is 14.5 Å². The van der Waals surface area contributed by atoms with Crippen LogP contribution in [0.3, 0.4) is 0 Å². The molecule has 21 heavy (non-hydrogen) atoms. The Balaban J connectivity index is 2.06. The molecule has 0 spiro atoms. The summed E-state index contributed by atoms with van der Waals surface area (Å²) in [6.07, 6.45) is 0.767. The van der Waals surface area contributed by atoms with Gasteiger partial charge < -0.3 is 10.1 Å². The lowest BCUT2D eigenvalue weighted by Gasteiger charge is -2.15. The molecule has 1 unspecified atom stereocenters. The van der Waals surface area contributed by atoms with Gasteiger partial charge in [-0.3, -0.25) is 19.8 Å². The highest BCUT2D eigenvalue weighted by Crippen LogP contribution is 2.27. The van der Waals surface area contributed by atoms with E-state index < -0.39 is 4.92 Å². The lowest BCUT2D eigenvalue weighted by Crippen LogP contribution is -2.23. The Morgan fingerprint density at radius 1 is 1.57 bits per heavy atom. The maximum Gasteiger partial charge on any atom is 0.310 e. The summed E-state index contributed by atoms with van der Waals surface area (Å²) in [5, 5.41) is 13.9. The van der Waals surface area contributed by atoms with Gasteiger partial charge in [-0.2, -0.15) is 0 Å². The van der Waals surface area contributed by atoms with Crippen LogP contribution in [0.25, 0.3) is 0 Å². The number of nitro groups is 1. The minimum atomic E-state index is -0.392. The van der Waals surface area contributed by atoms with Gasteiger partial charge in [0.1, 0.15) is 5.69 Å². The van der Waals surface area contributed by atoms with Crippen molar-refractivity contribution in [3.63, 3.8) is 0 Å². The van der Waals surface area contributed by atoms with E-state index in [0.29, 0.717) is 18.8 Å². The second kappa shape index (κ2) is 6.53. The highest BCUT2D eigenvalue weighted by atomic mass is 16.6. The molecule has 1 N–H and O–H groups in total. The van der Waals surface area contributed by atoms with Crippen molar-refractivity contribution in [3.8, 4) is 0 Å². The number of esters is 1. The van der Waals surface area contributed by atoms with Gasteiger partial charge in [-0.1, -0.05) is 6.07 Å². The molecule has 0 aromatic heterocycles. The molecule has 1 fully saturated rings. The third-order valence-electron chi connectivity index (χ3n) is 3.74. The van der Waals surface area contributed by atoms with Crippen molar-refractivity contribution in [1.82, 2.24) is 4.90 Å². The first-order chi connectivity index (χ1) is 10.0. The van der Waals surface area contributed by atoms with E-state index in [4.69, 9.17) is 4.74 Å². The number of methoxy groups -OCH3 is 1. The quantitative estimate of drug-likeness (QED) is 0.504. The molecule has 1 saturated heterocycles. The van der Waals surface area contributed by atoms with Crippen molar-refractivity contribution in [3.05, 3.63) is 33.9 Å². The Kier molecular flexibility index (Phi) is 4.74. The molecule has 1 aromatic rings. The third-order valence-corrected chi connectivity index (χ3v) is 3.74. The minimum absolute atomic E-state index is 0.0683. The van der Waals surface area contributed by atoms with Gasteiger partial charge in [0.05, 0.1) is 18.0 Å². The average Bonchev–Trinajstić information content (AvgIpc) is 2.94. The number of nitrogens with one attached hydrogen (secondary N) is 1. The SMILES string of the molecule is CNc1ccc(CN2CCC(C(=O)OC)C2)cc1[N+](=O)[O-]. The number of nitro benzene ring substituents is 1. The summed E-state index contributed by atoms with van der Waals surface area (Å²) in [5.74, 6) is -0.282. The molecule has 114 valence electrons. The highest BCUT2D eigenvalue weighted by Gasteiger charge is 2.29. The van der Waals surface area contributed by atoms with E-state index in [9.17, 15) is 14.9 Å². The molecular formula is C14H19N3O4. The maximum absolute atomic E-state index is 11.5. The molecule has 0 aliphatic carbocycles. The summed E-state index contributed by atoms with van der Waals surface area (Å²) in [6, 6.07) is 5.16. The molecular weight excluding hydrogens is 274 g/mol. The number of benzene rings is 1. The lowest BCUT2D eigenvalue weighted by atomic mass is 10.1. The van der Waals surface area contributed by atoms with Crippen LogP contribution in [0.4, 0.5) is 11.4 Å². The van der Waals surface area contributed by atoms with Crippen molar-refractivity contribution in [2.45, 2.75) is 13.0 Å². The predicted octanol–water partition coefficient (Wildman–Crippen LogP) is 1.63. The summed E-state index contributed by atoms with van der Waals surface area (Å²) in [4.78, 5) is 24.3. The number of carbonyl (C=O) groups is 1. The van der Waals surface area contributed by atoms with Gasteiger partial charge in [-0.05, 0) is 24.6 Å². The number of rotatable bonds is 5. The van der Waals surface area contributed by atoms with E-state index in [2.05, 4.69) is 10.2 Å². The van der Waals surface area contributed by atoms with Crippen LogP contribution in [0.2, 0.25) is 0 Å². The van der Waals surface area contributed by atoms with Crippen LogP contribution >= 0.6 is 0 Å². The summed E-state index contributed by atoms with van der Waals surface area (Å²) in [6.45, 7) is 2.02. The van der Waals surface area contributed by atoms with Crippen LogP contribution in [-0.4, -0.2) is 43.0 Å². The molecule has 2 rings (SSSR count). The summed E-state index contributed by atoms with van der Waals surface area (Å²) < 4.78 is 4.75. The fraction of sp³-hybridized carbons (Fsp3) is 0.500. The van der Waals surface area contributed by atoms with Crippen LogP contribution in [0, 0.1) is 16.0 Å². The highest BCUT2D eigenvalue weighted by molar-refractivity contribution is 5.72. The summed E-state index contributed by atoms with van der Waals surface area (Å²) in [5.41, 5.74) is 1.43. The Morgan fingerprint density at radius 2 is 2.33 bits per heavy atom. The Bertz CT molecular complexity index is 547. The van der Waals surface area contributed by atoms with Gasteiger partial charge in [0.15, 0.2) is 0 Å². The first-order valence-electron chi connectivity index (χ1n) is 6.80. The van der Waals surface area contributed by atoms with Crippen LogP contribution < -0.4 is 5.32 Å². The molecule has 7 heteroatoms. The second-order valence-corrected chi connectivity index (χ2v) is 5.10. The molecule has 0 radical (unpaired) electrons. The molecule has 0 saturated carbocycles. The fourth-order valence-electron chi connectivity index (χ4n) is 2.63. The average molecular weight is 293 g/mol. The zero-order chi connectivity index (χ0) is 15.4. The molecule has 1 atom stereocenters. The number of hydrogen-bond acceptors (Lipinski definition) is 6. The number of nitrogens with zero attached hydrogens (tertiary/aromatic N) is 2. The molecule has 1 aromatic carbocycles. The minimum Gasteiger partial charge on any atom is -0.469 e. The lowest BCUT2D eigenvalue weighted by molar-refractivity contribution is -0.384. The molecule has 1 heterocycles. The molecule has 0 bridgehead atoms. The smallest absolute Gasteiger partial charge is 0.310 e. The molecule has 1 aliphatic heterocycles. The van der Waals surface area contributed by atoms with E-state index in [-0.39, 0.29) is 17.6 Å². The summed E-state index contributed by atoms with van der Waals surface area (Å²) in [7, 11) is 3.05. The van der Waals surface area contributed by atoms with Gasteiger partial charge in [0.25, 0.3) is 5.69 Å². The number of carbonyl (C=O) groups excluding carboxylic acids is 1. The van der Waals surface area contributed by atoms with E-state index in [1.165, 1.54) is 7.11 Å². The van der Waals surface area contributed by atoms with Crippen molar-refractivity contribution in [1.29, 1.82) is 0 Å². The number of ether oxygens (including phenoxy) is 1. The largest absolute Gasteiger partial charge is 0.469 e. The molecule has 7 nitrogen and oxygen atoms in total. The predicted molar refractivity (Wildman–Crippen MR) is 78.0 cm³/mol. The standard InChI is InChI=1S/C14H19N3O4/c1-15-12-4-3-10(7-13(12)17(19)20)8-16-6-5-11(9-16)14(18)21-2/h3-4,7,11,15H,5-6,8-9H2,1-2H3. The van der Waals surface area contributed by atoms with Gasteiger partial charge in [0, 0.05) is 26.2 Å². The first-order valence-corrected chi connectivity index (χ1v) is 6.80. The van der Waals surface area contributed by atoms with Crippen molar-refractivity contribution in [2.75, 3.05) is 32.6 Å². The third kappa shape index (κ3) is 3.49. The van der Waals surface area contributed by atoms with Crippen LogP contribution in [0.5, 0.6) is 0 Å². The Labute approximate surface area is 123 Å². The van der Waals surface area contributed by atoms with E-state index >= 15 is 0 Å². The Hall–Kier alpha value is -2.15. The zero-order valence-corrected chi connectivity index (χ0v) is 12.2. The number of likely N-dealkylation sites (tertiary alicyclic amines) is 1. The van der Waals surface area contributed by atoms with Crippen molar-refractivity contribution >= 4 is 17.3 Å². The van der Waals surface area contributed by atoms with Crippen LogP contribution in [0.1, 0.15) is 12.0 Å². The Morgan fingerprint density at radius 3 is 2.95 bits per heavy atom. The van der Waals surface area contributed by atoms with Gasteiger partial charge >= 0.3 is 5.97 Å². The molecule has 1 aliphatic rings. The van der Waals surface area contributed by atoms with E-state index in [1.807, 2.05) is 6.07 Å². The van der Waals surface area contributed by atoms with Crippen LogP contribution in [-0.2, 0) is 16.1 Å². The maximum atomic E-state index is 11.5. The first kappa shape index (κ1) is 15.2. The van der Waals surface area contributed by atoms with E-state index in [0.717, 1.165) is 18.5 Å². The van der Waals surface area contributed by atoms with Crippen LogP contribution in [0.15, 0.2) is 18.2 Å². The topological polar surface area (TPSA) is 84.7 Å². The number of anilines is 1. The summed E-state index contributed by atoms with van der Waals surface area (Å²) >= 11 is 0. The fourth-order valence-corrected chi connectivity index (χ4v) is 2.63. The van der Waals surface area contributed by atoms with Gasteiger partial charge in [-0.15, -0.1) is 0 Å².